The van der Waals surface area contributed by atoms with Crippen molar-refractivity contribution in [1.29, 1.82) is 0 Å². The van der Waals surface area contributed by atoms with Gasteiger partial charge in [-0.15, -0.1) is 11.3 Å². The van der Waals surface area contributed by atoms with Crippen LogP contribution in [0.4, 0.5) is 0 Å². The summed E-state index contributed by atoms with van der Waals surface area (Å²) in [5, 5.41) is 1.70. The average molecular weight is 316 g/mol. The fourth-order valence-electron chi connectivity index (χ4n) is 2.71. The molecule has 0 spiro atoms. The van der Waals surface area contributed by atoms with Crippen LogP contribution in [0.3, 0.4) is 0 Å². The van der Waals surface area contributed by atoms with Crippen molar-refractivity contribution < 1.29 is 8.42 Å². The van der Waals surface area contributed by atoms with Crippen molar-refractivity contribution in [2.45, 2.75) is 57.0 Å². The first-order valence-electron chi connectivity index (χ1n) is 7.02. The van der Waals surface area contributed by atoms with Gasteiger partial charge in [0.05, 0.1) is 4.90 Å². The van der Waals surface area contributed by atoms with Gasteiger partial charge in [-0.25, -0.2) is 8.42 Å². The highest BCUT2D eigenvalue weighted by atomic mass is 32.2. The summed E-state index contributed by atoms with van der Waals surface area (Å²) in [6.07, 6.45) is 4.04. The van der Waals surface area contributed by atoms with Crippen LogP contribution in [0.25, 0.3) is 0 Å². The van der Waals surface area contributed by atoms with Crippen LogP contribution in [-0.4, -0.2) is 25.8 Å². The summed E-state index contributed by atoms with van der Waals surface area (Å²) in [5.74, 6) is 0. The van der Waals surface area contributed by atoms with E-state index >= 15 is 0 Å². The van der Waals surface area contributed by atoms with E-state index in [1.54, 1.807) is 22.8 Å². The van der Waals surface area contributed by atoms with Gasteiger partial charge in [0, 0.05) is 29.9 Å². The molecule has 4 nitrogen and oxygen atoms in total. The number of rotatable bonds is 4. The lowest BCUT2D eigenvalue weighted by Gasteiger charge is -2.37. The minimum Gasteiger partial charge on any atom is -0.326 e. The standard InChI is InChI=1S/C14H24N2O2S2/c1-14(2)6-4-11(5-7-14)16(3)20(17,18)13-8-12(9-15)19-10-13/h8,10-11H,4-7,9,15H2,1-3H3. The normalized spacial score (nSPS) is 20.4. The van der Waals surface area contributed by atoms with E-state index in [0.29, 0.717) is 16.9 Å². The first-order valence-corrected chi connectivity index (χ1v) is 9.34. The Morgan fingerprint density at radius 2 is 2.00 bits per heavy atom. The van der Waals surface area contributed by atoms with E-state index in [1.165, 1.54) is 11.3 Å². The molecule has 6 heteroatoms. The van der Waals surface area contributed by atoms with Crippen molar-refractivity contribution in [3.05, 3.63) is 16.3 Å². The molecule has 0 bridgehead atoms. The molecule has 1 aromatic heterocycles. The molecule has 1 heterocycles. The summed E-state index contributed by atoms with van der Waals surface area (Å²) < 4.78 is 26.8. The highest BCUT2D eigenvalue weighted by Gasteiger charge is 2.34. The molecule has 0 unspecified atom stereocenters. The van der Waals surface area contributed by atoms with E-state index in [0.717, 1.165) is 30.6 Å². The molecule has 0 aromatic carbocycles. The Bertz CT molecular complexity index is 553. The number of hydrogen-bond acceptors (Lipinski definition) is 4. The summed E-state index contributed by atoms with van der Waals surface area (Å²) in [5.41, 5.74) is 5.90. The minimum absolute atomic E-state index is 0.120. The first kappa shape index (κ1) is 15.9. The van der Waals surface area contributed by atoms with E-state index < -0.39 is 10.0 Å². The molecule has 0 aliphatic heterocycles. The Labute approximate surface area is 126 Å². The van der Waals surface area contributed by atoms with Crippen LogP contribution in [0.1, 0.15) is 44.4 Å². The largest absolute Gasteiger partial charge is 0.326 e. The number of hydrogen-bond donors (Lipinski definition) is 1. The topological polar surface area (TPSA) is 63.4 Å². The molecule has 0 atom stereocenters. The first-order chi connectivity index (χ1) is 9.26. The van der Waals surface area contributed by atoms with E-state index in [-0.39, 0.29) is 6.04 Å². The van der Waals surface area contributed by atoms with Crippen LogP contribution in [0, 0.1) is 5.41 Å². The van der Waals surface area contributed by atoms with Crippen molar-refractivity contribution in [3.8, 4) is 0 Å². The van der Waals surface area contributed by atoms with Gasteiger partial charge in [0.1, 0.15) is 0 Å². The van der Waals surface area contributed by atoms with Gasteiger partial charge >= 0.3 is 0 Å². The maximum absolute atomic E-state index is 12.6. The lowest BCUT2D eigenvalue weighted by molar-refractivity contribution is 0.174. The summed E-state index contributed by atoms with van der Waals surface area (Å²) in [6.45, 7) is 4.90. The van der Waals surface area contributed by atoms with Crippen LogP contribution in [0.5, 0.6) is 0 Å². The Hall–Kier alpha value is -0.430. The predicted octanol–water partition coefficient (Wildman–Crippen LogP) is 2.80. The Morgan fingerprint density at radius 1 is 1.40 bits per heavy atom. The highest BCUT2D eigenvalue weighted by Crippen LogP contribution is 2.38. The SMILES string of the molecule is CN(C1CCC(C)(C)CC1)S(=O)(=O)c1csc(CN)c1. The second-order valence-electron chi connectivity index (χ2n) is 6.37. The molecule has 2 rings (SSSR count). The van der Waals surface area contributed by atoms with Gasteiger partial charge in [-0.3, -0.25) is 0 Å². The second kappa shape index (κ2) is 5.75. The molecule has 1 aliphatic rings. The maximum Gasteiger partial charge on any atom is 0.243 e. The quantitative estimate of drug-likeness (QED) is 0.929. The van der Waals surface area contributed by atoms with Gasteiger partial charge in [0.15, 0.2) is 0 Å². The van der Waals surface area contributed by atoms with Gasteiger partial charge in [-0.05, 0) is 37.2 Å². The van der Waals surface area contributed by atoms with Crippen molar-refractivity contribution in [3.63, 3.8) is 0 Å². The third-order valence-corrected chi connectivity index (χ3v) is 7.33. The minimum atomic E-state index is -3.38. The lowest BCUT2D eigenvalue weighted by atomic mass is 9.76. The van der Waals surface area contributed by atoms with Gasteiger partial charge in [-0.2, -0.15) is 4.31 Å². The molecule has 0 amide bonds. The van der Waals surface area contributed by atoms with Crippen LogP contribution >= 0.6 is 11.3 Å². The highest BCUT2D eigenvalue weighted by molar-refractivity contribution is 7.89. The molecular formula is C14H24N2O2S2. The predicted molar refractivity (Wildman–Crippen MR) is 83.2 cm³/mol. The van der Waals surface area contributed by atoms with Crippen LogP contribution in [0.2, 0.25) is 0 Å². The summed E-state index contributed by atoms with van der Waals surface area (Å²) >= 11 is 1.41. The molecule has 2 N–H and O–H groups in total. The fourth-order valence-corrected chi connectivity index (χ4v) is 5.27. The molecule has 1 aromatic rings. The van der Waals surface area contributed by atoms with Gasteiger partial charge in [0.25, 0.3) is 0 Å². The zero-order chi connectivity index (χ0) is 15.0. The smallest absolute Gasteiger partial charge is 0.243 e. The van der Waals surface area contributed by atoms with Crippen molar-refractivity contribution in [1.82, 2.24) is 4.31 Å². The van der Waals surface area contributed by atoms with E-state index in [4.69, 9.17) is 5.73 Å². The second-order valence-corrected chi connectivity index (χ2v) is 9.36. The van der Waals surface area contributed by atoms with Crippen LogP contribution < -0.4 is 5.73 Å². The fraction of sp³-hybridized carbons (Fsp3) is 0.714. The average Bonchev–Trinajstić information content (AvgIpc) is 2.87. The zero-order valence-electron chi connectivity index (χ0n) is 12.4. The van der Waals surface area contributed by atoms with Crippen molar-refractivity contribution in [2.24, 2.45) is 11.1 Å². The number of nitrogens with two attached hydrogens (primary N) is 1. The van der Waals surface area contributed by atoms with Crippen molar-refractivity contribution in [2.75, 3.05) is 7.05 Å². The molecule has 1 aliphatic carbocycles. The number of nitrogens with zero attached hydrogens (tertiary/aromatic N) is 1. The van der Waals surface area contributed by atoms with E-state index in [9.17, 15) is 8.42 Å². The third-order valence-electron chi connectivity index (χ3n) is 4.33. The Kier molecular flexibility index (Phi) is 4.59. The maximum atomic E-state index is 12.6. The van der Waals surface area contributed by atoms with E-state index in [1.807, 2.05) is 0 Å². The van der Waals surface area contributed by atoms with E-state index in [2.05, 4.69) is 13.8 Å². The zero-order valence-corrected chi connectivity index (χ0v) is 14.1. The molecule has 0 radical (unpaired) electrons. The summed E-state index contributed by atoms with van der Waals surface area (Å²) in [6, 6.07) is 1.82. The number of thiophene rings is 1. The molecule has 1 saturated carbocycles. The molecule has 0 saturated heterocycles. The van der Waals surface area contributed by atoms with Gasteiger partial charge in [0.2, 0.25) is 10.0 Å². The summed E-state index contributed by atoms with van der Waals surface area (Å²) in [4.78, 5) is 1.29. The molecule has 114 valence electrons. The van der Waals surface area contributed by atoms with Crippen molar-refractivity contribution >= 4 is 21.4 Å². The van der Waals surface area contributed by atoms with Gasteiger partial charge in [-0.1, -0.05) is 13.8 Å². The third kappa shape index (κ3) is 3.24. The Morgan fingerprint density at radius 3 is 2.50 bits per heavy atom. The Balaban J connectivity index is 2.13. The molecular weight excluding hydrogens is 292 g/mol. The monoisotopic (exact) mass is 316 g/mol. The summed E-state index contributed by atoms with van der Waals surface area (Å²) in [7, 11) is -1.67. The van der Waals surface area contributed by atoms with Crippen LogP contribution in [-0.2, 0) is 16.6 Å². The molecule has 20 heavy (non-hydrogen) atoms. The molecule has 1 fully saturated rings. The lowest BCUT2D eigenvalue weighted by Crippen LogP contribution is -2.40. The number of sulfonamides is 1. The van der Waals surface area contributed by atoms with Gasteiger partial charge < -0.3 is 5.73 Å². The van der Waals surface area contributed by atoms with Crippen LogP contribution in [0.15, 0.2) is 16.3 Å².